The minimum Gasteiger partial charge on any atom is -0.506 e. The van der Waals surface area contributed by atoms with E-state index in [1.807, 2.05) is 19.9 Å². The molecule has 0 heterocycles. The highest BCUT2D eigenvalue weighted by Gasteiger charge is 2.08. The Morgan fingerprint density at radius 2 is 2.13 bits per heavy atom. The SMILES string of the molecule is COC(=O)CNc1c(O)ccc(C)c1C. The highest BCUT2D eigenvalue weighted by Crippen LogP contribution is 2.28. The normalized spacial score (nSPS) is 9.80. The Bertz CT molecular complexity index is 374. The Hall–Kier alpha value is -1.71. The number of hydrogen-bond donors (Lipinski definition) is 2. The lowest BCUT2D eigenvalue weighted by Crippen LogP contribution is -2.15. The number of esters is 1. The molecule has 1 aromatic carbocycles. The second-order valence-corrected chi connectivity index (χ2v) is 3.33. The van der Waals surface area contributed by atoms with Gasteiger partial charge in [-0.1, -0.05) is 6.07 Å². The van der Waals surface area contributed by atoms with Crippen LogP contribution in [0.15, 0.2) is 12.1 Å². The molecule has 0 atom stereocenters. The maximum atomic E-state index is 10.9. The molecule has 1 rings (SSSR count). The molecular weight excluding hydrogens is 194 g/mol. The molecule has 0 spiro atoms. The number of anilines is 1. The second-order valence-electron chi connectivity index (χ2n) is 3.33. The van der Waals surface area contributed by atoms with Crippen molar-refractivity contribution in [2.24, 2.45) is 0 Å². The van der Waals surface area contributed by atoms with Crippen molar-refractivity contribution >= 4 is 11.7 Å². The predicted octanol–water partition coefficient (Wildman–Crippen LogP) is 1.59. The molecule has 4 nitrogen and oxygen atoms in total. The van der Waals surface area contributed by atoms with Crippen LogP contribution in [-0.4, -0.2) is 24.7 Å². The molecule has 0 fully saturated rings. The van der Waals surface area contributed by atoms with Crippen LogP contribution < -0.4 is 5.32 Å². The second kappa shape index (κ2) is 4.68. The van der Waals surface area contributed by atoms with Gasteiger partial charge in [0.1, 0.15) is 12.3 Å². The van der Waals surface area contributed by atoms with E-state index in [0.29, 0.717) is 5.69 Å². The number of phenols is 1. The van der Waals surface area contributed by atoms with E-state index in [9.17, 15) is 9.90 Å². The highest BCUT2D eigenvalue weighted by atomic mass is 16.5. The lowest BCUT2D eigenvalue weighted by Gasteiger charge is -2.12. The molecule has 0 saturated carbocycles. The van der Waals surface area contributed by atoms with Gasteiger partial charge < -0.3 is 15.2 Å². The fraction of sp³-hybridized carbons (Fsp3) is 0.364. The summed E-state index contributed by atoms with van der Waals surface area (Å²) < 4.78 is 4.50. The van der Waals surface area contributed by atoms with Gasteiger partial charge in [-0.3, -0.25) is 4.79 Å². The molecule has 0 aliphatic heterocycles. The molecular formula is C11H15NO3. The van der Waals surface area contributed by atoms with Crippen molar-refractivity contribution in [1.82, 2.24) is 0 Å². The van der Waals surface area contributed by atoms with Crippen LogP contribution in [-0.2, 0) is 9.53 Å². The van der Waals surface area contributed by atoms with E-state index in [0.717, 1.165) is 11.1 Å². The van der Waals surface area contributed by atoms with E-state index >= 15 is 0 Å². The van der Waals surface area contributed by atoms with E-state index in [4.69, 9.17) is 0 Å². The van der Waals surface area contributed by atoms with Crippen molar-refractivity contribution in [3.63, 3.8) is 0 Å². The van der Waals surface area contributed by atoms with Gasteiger partial charge in [0.15, 0.2) is 0 Å². The van der Waals surface area contributed by atoms with E-state index < -0.39 is 0 Å². The van der Waals surface area contributed by atoms with Gasteiger partial charge in [-0.05, 0) is 31.0 Å². The first-order valence-electron chi connectivity index (χ1n) is 4.66. The van der Waals surface area contributed by atoms with Crippen molar-refractivity contribution in [2.75, 3.05) is 19.0 Å². The van der Waals surface area contributed by atoms with E-state index in [1.54, 1.807) is 6.07 Å². The highest BCUT2D eigenvalue weighted by molar-refractivity contribution is 5.76. The lowest BCUT2D eigenvalue weighted by atomic mass is 10.1. The van der Waals surface area contributed by atoms with Gasteiger partial charge in [0, 0.05) is 0 Å². The summed E-state index contributed by atoms with van der Waals surface area (Å²) in [4.78, 5) is 10.9. The molecule has 1 aromatic rings. The monoisotopic (exact) mass is 209 g/mol. The van der Waals surface area contributed by atoms with Gasteiger partial charge in [-0.25, -0.2) is 0 Å². The van der Waals surface area contributed by atoms with Crippen molar-refractivity contribution in [3.05, 3.63) is 23.3 Å². The summed E-state index contributed by atoms with van der Waals surface area (Å²) in [5, 5.41) is 12.4. The minimum absolute atomic E-state index is 0.0500. The zero-order valence-corrected chi connectivity index (χ0v) is 9.13. The Morgan fingerprint density at radius 3 is 2.73 bits per heavy atom. The maximum Gasteiger partial charge on any atom is 0.325 e. The average molecular weight is 209 g/mol. The molecule has 0 bridgehead atoms. The van der Waals surface area contributed by atoms with E-state index in [1.165, 1.54) is 7.11 Å². The Balaban J connectivity index is 2.84. The third kappa shape index (κ3) is 2.62. The van der Waals surface area contributed by atoms with Gasteiger partial charge in [0.2, 0.25) is 0 Å². The van der Waals surface area contributed by atoms with E-state index in [-0.39, 0.29) is 18.3 Å². The largest absolute Gasteiger partial charge is 0.506 e. The molecule has 0 radical (unpaired) electrons. The van der Waals surface area contributed by atoms with Crippen molar-refractivity contribution in [1.29, 1.82) is 0 Å². The summed E-state index contributed by atoms with van der Waals surface area (Å²) in [5.41, 5.74) is 2.57. The first-order chi connectivity index (χ1) is 7.06. The zero-order chi connectivity index (χ0) is 11.4. The predicted molar refractivity (Wildman–Crippen MR) is 58.1 cm³/mol. The van der Waals surface area contributed by atoms with Crippen LogP contribution in [0.1, 0.15) is 11.1 Å². The number of aryl methyl sites for hydroxylation is 1. The molecule has 0 aliphatic rings. The number of hydrogen-bond acceptors (Lipinski definition) is 4. The first kappa shape index (κ1) is 11.4. The van der Waals surface area contributed by atoms with Crippen LogP contribution in [0.2, 0.25) is 0 Å². The molecule has 0 aromatic heterocycles. The van der Waals surface area contributed by atoms with Crippen molar-refractivity contribution < 1.29 is 14.6 Å². The summed E-state index contributed by atoms with van der Waals surface area (Å²) in [6, 6.07) is 3.43. The summed E-state index contributed by atoms with van der Waals surface area (Å²) in [6.45, 7) is 3.88. The zero-order valence-electron chi connectivity index (χ0n) is 9.13. The molecule has 15 heavy (non-hydrogen) atoms. The number of aromatic hydroxyl groups is 1. The number of carbonyl (C=O) groups is 1. The smallest absolute Gasteiger partial charge is 0.325 e. The van der Waals surface area contributed by atoms with Crippen LogP contribution in [0.25, 0.3) is 0 Å². The number of methoxy groups -OCH3 is 1. The topological polar surface area (TPSA) is 58.6 Å². The standard InChI is InChI=1S/C11H15NO3/c1-7-4-5-9(13)11(8(7)2)12-6-10(14)15-3/h4-5,12-13H,6H2,1-3H3. The van der Waals surface area contributed by atoms with Gasteiger partial charge in [-0.15, -0.1) is 0 Å². The molecule has 0 amide bonds. The summed E-state index contributed by atoms with van der Waals surface area (Å²) in [7, 11) is 1.33. The number of benzene rings is 1. The van der Waals surface area contributed by atoms with Crippen molar-refractivity contribution in [2.45, 2.75) is 13.8 Å². The molecule has 82 valence electrons. The number of rotatable bonds is 3. The average Bonchev–Trinajstić information content (AvgIpc) is 2.23. The molecule has 0 aliphatic carbocycles. The Labute approximate surface area is 88.9 Å². The first-order valence-corrected chi connectivity index (χ1v) is 4.66. The quantitative estimate of drug-likeness (QED) is 0.586. The number of carbonyl (C=O) groups excluding carboxylic acids is 1. The summed E-state index contributed by atoms with van der Waals surface area (Å²) >= 11 is 0. The van der Waals surface area contributed by atoms with Gasteiger partial charge in [0.05, 0.1) is 12.8 Å². The molecule has 0 saturated heterocycles. The van der Waals surface area contributed by atoms with Crippen LogP contribution in [0.3, 0.4) is 0 Å². The molecule has 0 unspecified atom stereocenters. The summed E-state index contributed by atoms with van der Waals surface area (Å²) in [5.74, 6) is -0.225. The number of phenolic OH excluding ortho intramolecular Hbond substituents is 1. The molecule has 2 N–H and O–H groups in total. The third-order valence-corrected chi connectivity index (χ3v) is 2.35. The Kier molecular flexibility index (Phi) is 3.55. The lowest BCUT2D eigenvalue weighted by molar-refractivity contribution is -0.138. The van der Waals surface area contributed by atoms with Gasteiger partial charge in [0.25, 0.3) is 0 Å². The van der Waals surface area contributed by atoms with Crippen LogP contribution in [0, 0.1) is 13.8 Å². The van der Waals surface area contributed by atoms with Gasteiger partial charge >= 0.3 is 5.97 Å². The summed E-state index contributed by atoms with van der Waals surface area (Å²) in [6.07, 6.45) is 0. The number of nitrogens with one attached hydrogen (secondary N) is 1. The van der Waals surface area contributed by atoms with Crippen LogP contribution in [0.4, 0.5) is 5.69 Å². The Morgan fingerprint density at radius 1 is 1.47 bits per heavy atom. The molecule has 4 heteroatoms. The van der Waals surface area contributed by atoms with Crippen molar-refractivity contribution in [3.8, 4) is 5.75 Å². The number of ether oxygens (including phenoxy) is 1. The minimum atomic E-state index is -0.365. The fourth-order valence-electron chi connectivity index (χ4n) is 1.26. The maximum absolute atomic E-state index is 10.9. The van der Waals surface area contributed by atoms with E-state index in [2.05, 4.69) is 10.1 Å². The van der Waals surface area contributed by atoms with Crippen LogP contribution >= 0.6 is 0 Å². The van der Waals surface area contributed by atoms with Gasteiger partial charge in [-0.2, -0.15) is 0 Å². The fourth-order valence-corrected chi connectivity index (χ4v) is 1.26. The third-order valence-electron chi connectivity index (χ3n) is 2.35. The van der Waals surface area contributed by atoms with Crippen LogP contribution in [0.5, 0.6) is 5.75 Å².